The molecule has 0 aliphatic carbocycles. The van der Waals surface area contributed by atoms with Crippen LogP contribution in [0.3, 0.4) is 0 Å². The number of carboxylic acids is 1. The lowest BCUT2D eigenvalue weighted by Crippen LogP contribution is -2.45. The standard InChI is InChI=1S/C19H32N4O4.ClH/c1-4-5-8-16(19(26)20-17-12-14(2)27-21-17)23-10-6-7-15(9-11-23)22(3)13-18(24)25;/h12,15-16H,4-11,13H2,1-3H3,(H,24,25)(H,20,21,26);1H. The number of hydrogen-bond acceptors (Lipinski definition) is 6. The van der Waals surface area contributed by atoms with Gasteiger partial charge in [0.25, 0.3) is 0 Å². The van der Waals surface area contributed by atoms with Crippen LogP contribution in [0.4, 0.5) is 5.82 Å². The summed E-state index contributed by atoms with van der Waals surface area (Å²) in [5, 5.41) is 15.8. The molecule has 1 aromatic heterocycles. The average molecular weight is 417 g/mol. The Balaban J connectivity index is 0.00000392. The monoisotopic (exact) mass is 416 g/mol. The number of hydrogen-bond donors (Lipinski definition) is 2. The van der Waals surface area contributed by atoms with E-state index in [2.05, 4.69) is 22.3 Å². The number of likely N-dealkylation sites (tertiary alicyclic amines) is 1. The molecule has 9 heteroatoms. The third-order valence-corrected chi connectivity index (χ3v) is 5.19. The summed E-state index contributed by atoms with van der Waals surface area (Å²) in [7, 11) is 1.86. The van der Waals surface area contributed by atoms with Gasteiger partial charge < -0.3 is 14.9 Å². The SMILES string of the molecule is CCCCC(C(=O)Nc1cc(C)on1)N1CCCC(N(C)CC(=O)O)CC1.Cl. The van der Waals surface area contributed by atoms with E-state index in [-0.39, 0.29) is 36.9 Å². The number of aliphatic carboxylic acids is 1. The Morgan fingerprint density at radius 2 is 2.18 bits per heavy atom. The molecule has 0 aromatic carbocycles. The second-order valence-corrected chi connectivity index (χ2v) is 7.40. The predicted molar refractivity (Wildman–Crippen MR) is 110 cm³/mol. The molecule has 1 aliphatic rings. The van der Waals surface area contributed by atoms with Crippen LogP contribution in [0, 0.1) is 6.92 Å². The highest BCUT2D eigenvalue weighted by Crippen LogP contribution is 2.21. The molecule has 2 atom stereocenters. The highest BCUT2D eigenvalue weighted by Gasteiger charge is 2.29. The van der Waals surface area contributed by atoms with Crippen molar-refractivity contribution in [1.29, 1.82) is 0 Å². The minimum Gasteiger partial charge on any atom is -0.480 e. The van der Waals surface area contributed by atoms with Crippen LogP contribution in [0.1, 0.15) is 51.2 Å². The van der Waals surface area contributed by atoms with Gasteiger partial charge in [0.15, 0.2) is 5.82 Å². The summed E-state index contributed by atoms with van der Waals surface area (Å²) in [6.45, 7) is 5.59. The molecule has 0 radical (unpaired) electrons. The molecule has 0 bridgehead atoms. The van der Waals surface area contributed by atoms with Gasteiger partial charge in [0, 0.05) is 18.7 Å². The van der Waals surface area contributed by atoms with E-state index in [4.69, 9.17) is 9.63 Å². The van der Waals surface area contributed by atoms with E-state index in [0.29, 0.717) is 11.6 Å². The third kappa shape index (κ3) is 7.41. The second kappa shape index (κ2) is 12.0. The largest absolute Gasteiger partial charge is 0.480 e. The summed E-state index contributed by atoms with van der Waals surface area (Å²) >= 11 is 0. The summed E-state index contributed by atoms with van der Waals surface area (Å²) in [4.78, 5) is 28.0. The van der Waals surface area contributed by atoms with Gasteiger partial charge in [0.1, 0.15) is 5.76 Å². The first-order valence-electron chi connectivity index (χ1n) is 9.81. The summed E-state index contributed by atoms with van der Waals surface area (Å²) in [6, 6.07) is 1.75. The van der Waals surface area contributed by atoms with Gasteiger partial charge in [0.05, 0.1) is 12.6 Å². The smallest absolute Gasteiger partial charge is 0.317 e. The fourth-order valence-corrected chi connectivity index (χ4v) is 3.71. The zero-order valence-corrected chi connectivity index (χ0v) is 17.8. The lowest BCUT2D eigenvalue weighted by Gasteiger charge is -2.30. The van der Waals surface area contributed by atoms with Crippen LogP contribution in [0.5, 0.6) is 0 Å². The Morgan fingerprint density at radius 1 is 1.43 bits per heavy atom. The van der Waals surface area contributed by atoms with Gasteiger partial charge in [-0.15, -0.1) is 12.4 Å². The minimum absolute atomic E-state index is 0. The van der Waals surface area contributed by atoms with E-state index >= 15 is 0 Å². The summed E-state index contributed by atoms with van der Waals surface area (Å²) in [6.07, 6.45) is 5.58. The van der Waals surface area contributed by atoms with Crippen molar-refractivity contribution in [2.75, 3.05) is 32.0 Å². The molecule has 1 aliphatic heterocycles. The number of likely N-dealkylation sites (N-methyl/N-ethyl adjacent to an activating group) is 1. The molecule has 2 N–H and O–H groups in total. The molecule has 0 spiro atoms. The van der Waals surface area contributed by atoms with Crippen molar-refractivity contribution in [2.45, 2.75) is 64.5 Å². The molecule has 1 amide bonds. The van der Waals surface area contributed by atoms with Crippen LogP contribution >= 0.6 is 12.4 Å². The lowest BCUT2D eigenvalue weighted by molar-refractivity contribution is -0.138. The number of aromatic nitrogens is 1. The van der Waals surface area contributed by atoms with Crippen molar-refractivity contribution in [3.8, 4) is 0 Å². The minimum atomic E-state index is -0.804. The van der Waals surface area contributed by atoms with Crippen molar-refractivity contribution in [3.63, 3.8) is 0 Å². The maximum absolute atomic E-state index is 12.9. The van der Waals surface area contributed by atoms with Crippen molar-refractivity contribution >= 4 is 30.1 Å². The van der Waals surface area contributed by atoms with Crippen LogP contribution in [0.15, 0.2) is 10.6 Å². The van der Waals surface area contributed by atoms with Crippen molar-refractivity contribution in [3.05, 3.63) is 11.8 Å². The predicted octanol–water partition coefficient (Wildman–Crippen LogP) is 2.77. The number of unbranched alkanes of at least 4 members (excludes halogenated alkanes) is 1. The number of rotatable bonds is 9. The molecular formula is C19H33ClN4O4. The number of nitrogens with zero attached hydrogens (tertiary/aromatic N) is 3. The van der Waals surface area contributed by atoms with E-state index < -0.39 is 5.97 Å². The van der Waals surface area contributed by atoms with Gasteiger partial charge in [-0.1, -0.05) is 24.9 Å². The van der Waals surface area contributed by atoms with Crippen LogP contribution < -0.4 is 5.32 Å². The highest BCUT2D eigenvalue weighted by molar-refractivity contribution is 5.94. The van der Waals surface area contributed by atoms with E-state index in [1.165, 1.54) is 0 Å². The molecule has 1 aromatic rings. The summed E-state index contributed by atoms with van der Waals surface area (Å²) < 4.78 is 5.03. The molecule has 28 heavy (non-hydrogen) atoms. The number of anilines is 1. The van der Waals surface area contributed by atoms with Gasteiger partial charge in [0.2, 0.25) is 5.91 Å². The van der Waals surface area contributed by atoms with Gasteiger partial charge >= 0.3 is 5.97 Å². The first kappa shape index (κ1) is 24.4. The molecule has 1 saturated heterocycles. The Morgan fingerprint density at radius 3 is 2.79 bits per heavy atom. The Bertz CT molecular complexity index is 625. The maximum Gasteiger partial charge on any atom is 0.317 e. The number of carbonyl (C=O) groups excluding carboxylic acids is 1. The van der Waals surface area contributed by atoms with Crippen molar-refractivity contribution in [2.24, 2.45) is 0 Å². The summed E-state index contributed by atoms with van der Waals surface area (Å²) in [5.74, 6) is 0.262. The van der Waals surface area contributed by atoms with Crippen LogP contribution in [-0.4, -0.2) is 70.7 Å². The van der Waals surface area contributed by atoms with Crippen LogP contribution in [0.25, 0.3) is 0 Å². The van der Waals surface area contributed by atoms with Crippen LogP contribution in [0.2, 0.25) is 0 Å². The number of amides is 1. The molecule has 2 heterocycles. The number of aryl methyl sites for hydroxylation is 1. The molecular weight excluding hydrogens is 384 g/mol. The normalized spacial score (nSPS) is 18.9. The maximum atomic E-state index is 12.9. The van der Waals surface area contributed by atoms with Gasteiger partial charge in [-0.25, -0.2) is 0 Å². The first-order chi connectivity index (χ1) is 12.9. The highest BCUT2D eigenvalue weighted by atomic mass is 35.5. The lowest BCUT2D eigenvalue weighted by atomic mass is 10.1. The Labute approximate surface area is 173 Å². The van der Waals surface area contributed by atoms with E-state index in [1.54, 1.807) is 13.0 Å². The molecule has 2 unspecified atom stereocenters. The summed E-state index contributed by atoms with van der Waals surface area (Å²) in [5.41, 5.74) is 0. The third-order valence-electron chi connectivity index (χ3n) is 5.19. The molecule has 1 fully saturated rings. The fourth-order valence-electron chi connectivity index (χ4n) is 3.71. The van der Waals surface area contributed by atoms with Gasteiger partial charge in [-0.05, 0) is 46.2 Å². The molecule has 2 rings (SSSR count). The zero-order valence-electron chi connectivity index (χ0n) is 17.0. The van der Waals surface area contributed by atoms with E-state index in [9.17, 15) is 9.59 Å². The molecule has 160 valence electrons. The second-order valence-electron chi connectivity index (χ2n) is 7.40. The number of halogens is 1. The Hall–Kier alpha value is -1.64. The number of carbonyl (C=O) groups is 2. The fraction of sp³-hybridized carbons (Fsp3) is 0.737. The first-order valence-corrected chi connectivity index (χ1v) is 9.81. The van der Waals surface area contributed by atoms with Gasteiger partial charge in [-0.3, -0.25) is 19.4 Å². The van der Waals surface area contributed by atoms with E-state index in [0.717, 1.165) is 51.6 Å². The average Bonchev–Trinajstić information content (AvgIpc) is 2.86. The van der Waals surface area contributed by atoms with Crippen molar-refractivity contribution < 1.29 is 19.2 Å². The zero-order chi connectivity index (χ0) is 19.8. The molecule has 8 nitrogen and oxygen atoms in total. The quantitative estimate of drug-likeness (QED) is 0.638. The van der Waals surface area contributed by atoms with Gasteiger partial charge in [-0.2, -0.15) is 0 Å². The Kier molecular flexibility index (Phi) is 10.5. The van der Waals surface area contributed by atoms with Crippen LogP contribution in [-0.2, 0) is 9.59 Å². The topological polar surface area (TPSA) is 98.9 Å². The number of carboxylic acid groups (broad SMARTS) is 1. The van der Waals surface area contributed by atoms with E-state index in [1.807, 2.05) is 11.9 Å². The van der Waals surface area contributed by atoms with Crippen molar-refractivity contribution in [1.82, 2.24) is 15.0 Å². The number of nitrogens with one attached hydrogen (secondary N) is 1. The molecule has 0 saturated carbocycles.